The van der Waals surface area contributed by atoms with Crippen LogP contribution in [0, 0.1) is 0 Å². The summed E-state index contributed by atoms with van der Waals surface area (Å²) in [6.07, 6.45) is 1.09. The van der Waals surface area contributed by atoms with Crippen molar-refractivity contribution in [3.05, 3.63) is 70.9 Å². The Morgan fingerprint density at radius 3 is 2.73 bits per heavy atom. The number of benzene rings is 2. The van der Waals surface area contributed by atoms with Gasteiger partial charge in [0.25, 0.3) is 5.91 Å². The van der Waals surface area contributed by atoms with Crippen LogP contribution >= 0.6 is 0 Å². The van der Waals surface area contributed by atoms with Crippen molar-refractivity contribution in [1.82, 2.24) is 25.8 Å². The summed E-state index contributed by atoms with van der Waals surface area (Å²) < 4.78 is 0. The Balaban J connectivity index is 1.25. The summed E-state index contributed by atoms with van der Waals surface area (Å²) in [5.74, 6) is -1.57. The second kappa shape index (κ2) is 9.76. The van der Waals surface area contributed by atoms with E-state index in [4.69, 9.17) is 0 Å². The quantitative estimate of drug-likeness (QED) is 0.307. The normalized spacial score (nSPS) is 17.9. The Morgan fingerprint density at radius 2 is 1.95 bits per heavy atom. The molecule has 5 rings (SSSR count). The highest BCUT2D eigenvalue weighted by atomic mass is 16.4. The minimum atomic E-state index is -1.30. The van der Waals surface area contributed by atoms with Gasteiger partial charge in [-0.25, -0.2) is 4.79 Å². The first-order chi connectivity index (χ1) is 17.8. The largest absolute Gasteiger partial charge is 0.465 e. The summed E-state index contributed by atoms with van der Waals surface area (Å²) in [4.78, 5) is 65.4. The van der Waals surface area contributed by atoms with Gasteiger partial charge in [-0.3, -0.25) is 24.5 Å². The van der Waals surface area contributed by atoms with E-state index in [-0.39, 0.29) is 44.2 Å². The summed E-state index contributed by atoms with van der Waals surface area (Å²) in [5, 5.41) is 17.5. The van der Waals surface area contributed by atoms with E-state index in [1.807, 2.05) is 24.3 Å². The van der Waals surface area contributed by atoms with E-state index in [1.165, 1.54) is 4.90 Å². The monoisotopic (exact) mass is 503 g/mol. The van der Waals surface area contributed by atoms with Gasteiger partial charge >= 0.3 is 6.09 Å². The van der Waals surface area contributed by atoms with Crippen molar-refractivity contribution in [2.75, 3.05) is 0 Å². The standard InChI is InChI=1S/C26H25N5O6/c32-22-8-7-21(24(34)30-22)31-13-16-9-14(5-6-18(16)25(31)35)11-28-23(33)20(29-26(36)37)10-15-12-27-19-4-2-1-3-17(15)19/h1-6,9,12,20-21,27,29H,7-8,10-11,13H2,(H,28,33)(H,36,37)(H,30,32,34). The molecule has 0 radical (unpaired) electrons. The molecule has 11 nitrogen and oxygen atoms in total. The number of carboxylic acid groups (broad SMARTS) is 1. The highest BCUT2D eigenvalue weighted by Crippen LogP contribution is 2.28. The van der Waals surface area contributed by atoms with Gasteiger partial charge in [0.1, 0.15) is 12.1 Å². The van der Waals surface area contributed by atoms with Gasteiger partial charge in [0.15, 0.2) is 0 Å². The van der Waals surface area contributed by atoms with E-state index >= 15 is 0 Å². The van der Waals surface area contributed by atoms with Gasteiger partial charge < -0.3 is 25.6 Å². The van der Waals surface area contributed by atoms with E-state index in [0.29, 0.717) is 5.56 Å². The number of nitrogens with one attached hydrogen (secondary N) is 4. The van der Waals surface area contributed by atoms with Crippen LogP contribution in [0.15, 0.2) is 48.7 Å². The smallest absolute Gasteiger partial charge is 0.405 e. The van der Waals surface area contributed by atoms with Crippen LogP contribution in [-0.2, 0) is 33.9 Å². The third-order valence-corrected chi connectivity index (χ3v) is 6.77. The maximum absolute atomic E-state index is 12.9. The maximum Gasteiger partial charge on any atom is 0.405 e. The lowest BCUT2D eigenvalue weighted by molar-refractivity contribution is -0.137. The van der Waals surface area contributed by atoms with Gasteiger partial charge in [0.2, 0.25) is 17.7 Å². The van der Waals surface area contributed by atoms with Gasteiger partial charge in [-0.2, -0.15) is 0 Å². The lowest BCUT2D eigenvalue weighted by Crippen LogP contribution is -2.52. The molecule has 2 atom stereocenters. The van der Waals surface area contributed by atoms with Gasteiger partial charge in [0.05, 0.1) is 0 Å². The molecule has 2 unspecified atom stereocenters. The zero-order chi connectivity index (χ0) is 26.1. The summed E-state index contributed by atoms with van der Waals surface area (Å²) >= 11 is 0. The van der Waals surface area contributed by atoms with Crippen LogP contribution in [0.5, 0.6) is 0 Å². The number of para-hydroxylation sites is 1. The van der Waals surface area contributed by atoms with Crippen LogP contribution in [0.2, 0.25) is 0 Å². The van der Waals surface area contributed by atoms with Crippen molar-refractivity contribution in [3.63, 3.8) is 0 Å². The first-order valence-corrected chi connectivity index (χ1v) is 11.9. The zero-order valence-corrected chi connectivity index (χ0v) is 19.7. The van der Waals surface area contributed by atoms with Crippen molar-refractivity contribution >= 4 is 40.6 Å². The molecule has 3 aromatic rings. The number of carbonyl (C=O) groups excluding carboxylic acids is 4. The van der Waals surface area contributed by atoms with Gasteiger partial charge in [-0.15, -0.1) is 0 Å². The third-order valence-electron chi connectivity index (χ3n) is 6.77. The van der Waals surface area contributed by atoms with E-state index in [1.54, 1.807) is 24.4 Å². The van der Waals surface area contributed by atoms with Gasteiger partial charge in [-0.05, 0) is 35.2 Å². The lowest BCUT2D eigenvalue weighted by atomic mass is 10.0. The van der Waals surface area contributed by atoms with Crippen molar-refractivity contribution < 1.29 is 29.1 Å². The predicted octanol–water partition coefficient (Wildman–Crippen LogP) is 1.42. The summed E-state index contributed by atoms with van der Waals surface area (Å²) in [6, 6.07) is 11.0. The van der Waals surface area contributed by atoms with E-state index in [2.05, 4.69) is 20.9 Å². The van der Waals surface area contributed by atoms with Crippen molar-refractivity contribution in [2.24, 2.45) is 0 Å². The van der Waals surface area contributed by atoms with Crippen LogP contribution < -0.4 is 16.0 Å². The van der Waals surface area contributed by atoms with Gasteiger partial charge in [-0.1, -0.05) is 30.3 Å². The molecular weight excluding hydrogens is 478 g/mol. The highest BCUT2D eigenvalue weighted by molar-refractivity contribution is 6.05. The highest BCUT2D eigenvalue weighted by Gasteiger charge is 2.39. The number of aromatic nitrogens is 1. The molecule has 190 valence electrons. The van der Waals surface area contributed by atoms with Crippen LogP contribution in [-0.4, -0.2) is 56.8 Å². The molecule has 2 aliphatic rings. The minimum Gasteiger partial charge on any atom is -0.465 e. The van der Waals surface area contributed by atoms with E-state index in [9.17, 15) is 29.1 Å². The number of amides is 5. The Labute approximate surface area is 211 Å². The average Bonchev–Trinajstić information content (AvgIpc) is 3.42. The molecule has 2 aliphatic heterocycles. The van der Waals surface area contributed by atoms with Crippen LogP contribution in [0.1, 0.15) is 39.9 Å². The Morgan fingerprint density at radius 1 is 1.14 bits per heavy atom. The van der Waals surface area contributed by atoms with Crippen LogP contribution in [0.3, 0.4) is 0 Å². The molecule has 1 fully saturated rings. The van der Waals surface area contributed by atoms with Crippen molar-refractivity contribution in [1.29, 1.82) is 0 Å². The number of hydrogen-bond acceptors (Lipinski definition) is 5. The first-order valence-electron chi connectivity index (χ1n) is 11.9. The number of aromatic amines is 1. The number of imide groups is 1. The molecule has 0 aliphatic carbocycles. The van der Waals surface area contributed by atoms with Crippen molar-refractivity contribution in [2.45, 2.75) is 44.4 Å². The number of fused-ring (bicyclic) bond motifs is 2. The molecule has 5 N–H and O–H groups in total. The maximum atomic E-state index is 12.9. The van der Waals surface area contributed by atoms with Crippen LogP contribution in [0.25, 0.3) is 10.9 Å². The molecule has 0 spiro atoms. The average molecular weight is 504 g/mol. The van der Waals surface area contributed by atoms with Crippen LogP contribution in [0.4, 0.5) is 4.79 Å². The molecule has 37 heavy (non-hydrogen) atoms. The number of rotatable bonds is 7. The molecule has 11 heteroatoms. The predicted molar refractivity (Wildman–Crippen MR) is 131 cm³/mol. The zero-order valence-electron chi connectivity index (χ0n) is 19.7. The molecule has 1 saturated heterocycles. The molecule has 2 aromatic carbocycles. The number of nitrogens with zero attached hydrogens (tertiary/aromatic N) is 1. The Bertz CT molecular complexity index is 1430. The second-order valence-corrected chi connectivity index (χ2v) is 9.17. The number of hydrogen-bond donors (Lipinski definition) is 5. The summed E-state index contributed by atoms with van der Waals surface area (Å²) in [7, 11) is 0. The molecule has 0 bridgehead atoms. The lowest BCUT2D eigenvalue weighted by Gasteiger charge is -2.29. The molecule has 1 aromatic heterocycles. The minimum absolute atomic E-state index is 0.129. The topological polar surface area (TPSA) is 161 Å². The Hall–Kier alpha value is -4.67. The molecule has 3 heterocycles. The SMILES string of the molecule is O=C(O)NC(Cc1c[nH]c2ccccc12)C(=O)NCc1ccc2c(c1)CN(C1CCC(=O)NC1=O)C2=O. The fourth-order valence-electron chi connectivity index (χ4n) is 4.93. The fourth-order valence-corrected chi connectivity index (χ4v) is 4.93. The molecule has 0 saturated carbocycles. The third kappa shape index (κ3) is 4.88. The summed E-state index contributed by atoms with van der Waals surface area (Å²) in [5.41, 5.74) is 3.64. The van der Waals surface area contributed by atoms with Crippen molar-refractivity contribution in [3.8, 4) is 0 Å². The number of H-pyrrole nitrogens is 1. The molecule has 5 amide bonds. The van der Waals surface area contributed by atoms with E-state index in [0.717, 1.165) is 27.6 Å². The summed E-state index contributed by atoms with van der Waals surface area (Å²) in [6.45, 7) is 0.358. The van der Waals surface area contributed by atoms with E-state index < -0.39 is 30.0 Å². The first kappa shape index (κ1) is 24.0. The molecular formula is C26H25N5O6. The number of piperidine rings is 1. The number of carbonyl (C=O) groups is 5. The Kier molecular flexibility index (Phi) is 6.34. The fraction of sp³-hybridized carbons (Fsp3) is 0.269. The van der Waals surface area contributed by atoms with Gasteiger partial charge in [0, 0.05) is 48.6 Å². The second-order valence-electron chi connectivity index (χ2n) is 9.17.